The minimum Gasteiger partial charge on any atom is -0.321 e. The third-order valence-electron chi connectivity index (χ3n) is 3.28. The van der Waals surface area contributed by atoms with E-state index in [2.05, 4.69) is 5.32 Å². The summed E-state index contributed by atoms with van der Waals surface area (Å²) in [6, 6.07) is 10.7. The van der Waals surface area contributed by atoms with Crippen LogP contribution in [0.1, 0.15) is 16.7 Å². The molecule has 23 heavy (non-hydrogen) atoms. The molecule has 116 valence electrons. The normalized spacial score (nSPS) is 11.0. The summed E-state index contributed by atoms with van der Waals surface area (Å²) in [7, 11) is 0. The highest BCUT2D eigenvalue weighted by molar-refractivity contribution is 6.10. The number of carbonyl (C=O) groups is 1. The van der Waals surface area contributed by atoms with Gasteiger partial charge in [0, 0.05) is 11.3 Å². The molecular weight excluding hydrogens is 298 g/mol. The molecule has 1 N–H and O–H groups in total. The van der Waals surface area contributed by atoms with Crippen molar-refractivity contribution in [3.63, 3.8) is 0 Å². The van der Waals surface area contributed by atoms with Crippen LogP contribution in [0.2, 0.25) is 0 Å². The third-order valence-corrected chi connectivity index (χ3v) is 3.28. The van der Waals surface area contributed by atoms with Crippen molar-refractivity contribution in [2.45, 2.75) is 13.8 Å². The fraction of sp³-hybridized carbons (Fsp3) is 0.111. The molecule has 0 bridgehead atoms. The van der Waals surface area contributed by atoms with Crippen LogP contribution >= 0.6 is 0 Å². The van der Waals surface area contributed by atoms with Gasteiger partial charge >= 0.3 is 0 Å². The van der Waals surface area contributed by atoms with Crippen LogP contribution < -0.4 is 5.32 Å². The lowest BCUT2D eigenvalue weighted by Crippen LogP contribution is -2.14. The number of hydrogen-bond donors (Lipinski definition) is 1. The van der Waals surface area contributed by atoms with Gasteiger partial charge in [-0.3, -0.25) is 4.79 Å². The molecule has 0 atom stereocenters. The lowest BCUT2D eigenvalue weighted by Gasteiger charge is -2.08. The average Bonchev–Trinajstić information content (AvgIpc) is 2.51. The van der Waals surface area contributed by atoms with Crippen molar-refractivity contribution in [2.24, 2.45) is 0 Å². The largest absolute Gasteiger partial charge is 0.321 e. The second-order valence-corrected chi connectivity index (χ2v) is 5.09. The summed E-state index contributed by atoms with van der Waals surface area (Å²) in [4.78, 5) is 12.2. The number of amides is 1. The van der Waals surface area contributed by atoms with E-state index in [0.29, 0.717) is 5.69 Å². The van der Waals surface area contributed by atoms with Crippen molar-refractivity contribution in [3.05, 3.63) is 70.3 Å². The number of aryl methyl sites for hydroxylation is 2. The summed E-state index contributed by atoms with van der Waals surface area (Å²) in [5.41, 5.74) is 1.97. The van der Waals surface area contributed by atoms with E-state index in [9.17, 15) is 13.6 Å². The van der Waals surface area contributed by atoms with E-state index in [1.807, 2.05) is 26.0 Å². The van der Waals surface area contributed by atoms with Crippen LogP contribution in [0.4, 0.5) is 14.5 Å². The Morgan fingerprint density at radius 3 is 2.61 bits per heavy atom. The maximum absolute atomic E-state index is 13.6. The van der Waals surface area contributed by atoms with Crippen LogP contribution in [0.3, 0.4) is 0 Å². The predicted octanol–water partition coefficient (Wildman–Crippen LogP) is 4.13. The fourth-order valence-corrected chi connectivity index (χ4v) is 2.08. The van der Waals surface area contributed by atoms with Crippen molar-refractivity contribution in [1.82, 2.24) is 0 Å². The molecule has 0 saturated carbocycles. The fourth-order valence-electron chi connectivity index (χ4n) is 2.08. The number of anilines is 1. The van der Waals surface area contributed by atoms with Gasteiger partial charge in [0.25, 0.3) is 5.91 Å². The zero-order valence-electron chi connectivity index (χ0n) is 12.7. The summed E-state index contributed by atoms with van der Waals surface area (Å²) in [5.74, 6) is -2.81. The van der Waals surface area contributed by atoms with E-state index in [1.54, 1.807) is 12.1 Å². The Balaban J connectivity index is 2.30. The molecule has 2 aromatic carbocycles. The molecule has 0 aliphatic carbocycles. The molecule has 0 unspecified atom stereocenters. The number of nitrogens with one attached hydrogen (secondary N) is 1. The Kier molecular flexibility index (Phi) is 4.87. The predicted molar refractivity (Wildman–Crippen MR) is 84.5 cm³/mol. The van der Waals surface area contributed by atoms with Gasteiger partial charge in [0.15, 0.2) is 11.6 Å². The van der Waals surface area contributed by atoms with Gasteiger partial charge in [-0.2, -0.15) is 5.26 Å². The van der Waals surface area contributed by atoms with Crippen LogP contribution in [-0.4, -0.2) is 5.91 Å². The number of nitrogens with zero attached hydrogens (tertiary/aromatic N) is 1. The zero-order chi connectivity index (χ0) is 17.0. The molecule has 0 fully saturated rings. The van der Waals surface area contributed by atoms with E-state index in [-0.39, 0.29) is 11.1 Å². The summed E-state index contributed by atoms with van der Waals surface area (Å²) in [5, 5.41) is 11.7. The molecule has 0 aromatic heterocycles. The smallest absolute Gasteiger partial charge is 0.266 e. The molecule has 5 heteroatoms. The topological polar surface area (TPSA) is 52.9 Å². The molecule has 0 aliphatic rings. The van der Waals surface area contributed by atoms with Crippen molar-refractivity contribution >= 4 is 17.7 Å². The second-order valence-electron chi connectivity index (χ2n) is 5.09. The van der Waals surface area contributed by atoms with E-state index < -0.39 is 17.5 Å². The standard InChI is InChI=1S/C18H14F2N2O/c1-11-6-7-16(12(2)8-11)22-18(23)14(10-21)9-13-4-3-5-15(19)17(13)20/h3-9H,1-2H3,(H,22,23). The van der Waals surface area contributed by atoms with E-state index in [4.69, 9.17) is 5.26 Å². The van der Waals surface area contributed by atoms with Crippen LogP contribution in [0, 0.1) is 36.8 Å². The van der Waals surface area contributed by atoms with E-state index in [1.165, 1.54) is 12.1 Å². The van der Waals surface area contributed by atoms with Gasteiger partial charge in [0.1, 0.15) is 11.6 Å². The van der Waals surface area contributed by atoms with Gasteiger partial charge in [-0.1, -0.05) is 29.8 Å². The third kappa shape index (κ3) is 3.80. The number of rotatable bonds is 3. The molecular formula is C18H14F2N2O. The van der Waals surface area contributed by atoms with Gasteiger partial charge in [0.2, 0.25) is 0 Å². The molecule has 0 radical (unpaired) electrons. The lowest BCUT2D eigenvalue weighted by molar-refractivity contribution is -0.112. The molecule has 0 spiro atoms. The van der Waals surface area contributed by atoms with Crippen molar-refractivity contribution in [3.8, 4) is 6.07 Å². The highest BCUT2D eigenvalue weighted by Gasteiger charge is 2.13. The first-order valence-corrected chi connectivity index (χ1v) is 6.87. The summed E-state index contributed by atoms with van der Waals surface area (Å²) in [6.07, 6.45) is 1.03. The van der Waals surface area contributed by atoms with Crippen LogP contribution in [-0.2, 0) is 4.79 Å². The number of nitriles is 1. The van der Waals surface area contributed by atoms with E-state index >= 15 is 0 Å². The first-order valence-electron chi connectivity index (χ1n) is 6.87. The zero-order valence-corrected chi connectivity index (χ0v) is 12.7. The van der Waals surface area contributed by atoms with Crippen molar-refractivity contribution in [2.75, 3.05) is 5.32 Å². The molecule has 0 heterocycles. The molecule has 0 saturated heterocycles. The summed E-state index contributed by atoms with van der Waals surface area (Å²) >= 11 is 0. The minimum absolute atomic E-state index is 0.155. The van der Waals surface area contributed by atoms with Gasteiger partial charge in [-0.15, -0.1) is 0 Å². The Hall–Kier alpha value is -3.00. The van der Waals surface area contributed by atoms with Gasteiger partial charge in [-0.25, -0.2) is 8.78 Å². The number of carbonyl (C=O) groups excluding carboxylic acids is 1. The summed E-state index contributed by atoms with van der Waals surface area (Å²) in [6.45, 7) is 3.75. The van der Waals surface area contributed by atoms with Crippen molar-refractivity contribution in [1.29, 1.82) is 5.26 Å². The first kappa shape index (κ1) is 16.4. The van der Waals surface area contributed by atoms with Gasteiger partial charge in [0.05, 0.1) is 0 Å². The summed E-state index contributed by atoms with van der Waals surface area (Å²) < 4.78 is 26.8. The quantitative estimate of drug-likeness (QED) is 0.684. The molecule has 2 aromatic rings. The maximum atomic E-state index is 13.6. The minimum atomic E-state index is -1.10. The number of halogens is 2. The van der Waals surface area contributed by atoms with Crippen molar-refractivity contribution < 1.29 is 13.6 Å². The van der Waals surface area contributed by atoms with Gasteiger partial charge < -0.3 is 5.32 Å². The Morgan fingerprint density at radius 1 is 1.22 bits per heavy atom. The average molecular weight is 312 g/mol. The monoisotopic (exact) mass is 312 g/mol. The lowest BCUT2D eigenvalue weighted by atomic mass is 10.1. The second kappa shape index (κ2) is 6.84. The maximum Gasteiger partial charge on any atom is 0.266 e. The number of hydrogen-bond acceptors (Lipinski definition) is 2. The number of benzene rings is 2. The first-order chi connectivity index (χ1) is 10.9. The molecule has 2 rings (SSSR count). The van der Waals surface area contributed by atoms with Gasteiger partial charge in [-0.05, 0) is 37.6 Å². The van der Waals surface area contributed by atoms with Crippen LogP contribution in [0.15, 0.2) is 42.0 Å². The Bertz CT molecular complexity index is 835. The molecule has 1 amide bonds. The Labute approximate surface area is 132 Å². The molecule has 3 nitrogen and oxygen atoms in total. The van der Waals surface area contributed by atoms with E-state index in [0.717, 1.165) is 23.3 Å². The Morgan fingerprint density at radius 2 is 1.96 bits per heavy atom. The van der Waals surface area contributed by atoms with Crippen LogP contribution in [0.5, 0.6) is 0 Å². The highest BCUT2D eigenvalue weighted by atomic mass is 19.2. The highest BCUT2D eigenvalue weighted by Crippen LogP contribution is 2.19. The van der Waals surface area contributed by atoms with Crippen LogP contribution in [0.25, 0.3) is 6.08 Å². The SMILES string of the molecule is Cc1ccc(NC(=O)C(C#N)=Cc2cccc(F)c2F)c(C)c1. The molecule has 0 aliphatic heterocycles.